The molecule has 1 aromatic rings. The monoisotopic (exact) mass is 267 g/mol. The summed E-state index contributed by atoms with van der Waals surface area (Å²) in [4.78, 5) is 4.01. The van der Waals surface area contributed by atoms with Crippen LogP contribution in [0.3, 0.4) is 0 Å². The van der Waals surface area contributed by atoms with Crippen molar-refractivity contribution in [3.63, 3.8) is 0 Å². The van der Waals surface area contributed by atoms with E-state index in [2.05, 4.69) is 48.9 Å². The maximum Gasteiger partial charge on any atom is 0.218 e. The SMILES string of the molecule is CCCn1nc(Br)nc1Br. The second-order valence-electron chi connectivity index (χ2n) is 1.87. The van der Waals surface area contributed by atoms with E-state index < -0.39 is 0 Å². The van der Waals surface area contributed by atoms with Crippen LogP contribution in [0.5, 0.6) is 0 Å². The summed E-state index contributed by atoms with van der Waals surface area (Å²) in [5.74, 6) is 0. The van der Waals surface area contributed by atoms with Crippen molar-refractivity contribution in [3.05, 3.63) is 9.47 Å². The van der Waals surface area contributed by atoms with E-state index in [0.29, 0.717) is 4.73 Å². The highest BCUT2D eigenvalue weighted by Gasteiger charge is 2.01. The van der Waals surface area contributed by atoms with Crippen molar-refractivity contribution in [2.45, 2.75) is 19.9 Å². The zero-order valence-electron chi connectivity index (χ0n) is 5.51. The summed E-state index contributed by atoms with van der Waals surface area (Å²) in [6.45, 7) is 3.00. The lowest BCUT2D eigenvalue weighted by Crippen LogP contribution is -1.98. The third-order valence-corrected chi connectivity index (χ3v) is 1.96. The van der Waals surface area contributed by atoms with Crippen LogP contribution in [0.4, 0.5) is 0 Å². The Hall–Kier alpha value is 0.1000. The Bertz CT molecular complexity index is 221. The summed E-state index contributed by atoms with van der Waals surface area (Å²) in [5.41, 5.74) is 0. The molecule has 1 rings (SSSR count). The first-order valence-electron chi connectivity index (χ1n) is 3.00. The van der Waals surface area contributed by atoms with E-state index in [0.717, 1.165) is 17.7 Å². The van der Waals surface area contributed by atoms with E-state index >= 15 is 0 Å². The fourth-order valence-corrected chi connectivity index (χ4v) is 1.67. The van der Waals surface area contributed by atoms with E-state index in [1.807, 2.05) is 4.68 Å². The Morgan fingerprint density at radius 2 is 2.20 bits per heavy atom. The van der Waals surface area contributed by atoms with Gasteiger partial charge in [-0.3, -0.25) is 0 Å². The molecule has 0 bridgehead atoms. The Morgan fingerprint density at radius 3 is 2.60 bits per heavy atom. The molecule has 0 amide bonds. The van der Waals surface area contributed by atoms with Crippen molar-refractivity contribution in [3.8, 4) is 0 Å². The molecule has 0 saturated heterocycles. The number of halogens is 2. The highest BCUT2D eigenvalue weighted by molar-refractivity contribution is 9.11. The Morgan fingerprint density at radius 1 is 1.50 bits per heavy atom. The minimum absolute atomic E-state index is 0.632. The zero-order valence-corrected chi connectivity index (χ0v) is 8.68. The predicted molar refractivity (Wildman–Crippen MR) is 45.7 cm³/mol. The third kappa shape index (κ3) is 1.79. The summed E-state index contributed by atoms with van der Waals surface area (Å²) in [6.07, 6.45) is 1.06. The van der Waals surface area contributed by atoms with Crippen molar-refractivity contribution in [1.29, 1.82) is 0 Å². The molecule has 10 heavy (non-hydrogen) atoms. The summed E-state index contributed by atoms with van der Waals surface area (Å²) in [6, 6.07) is 0. The van der Waals surface area contributed by atoms with Gasteiger partial charge in [0.15, 0.2) is 4.73 Å². The van der Waals surface area contributed by atoms with Gasteiger partial charge in [-0.05, 0) is 38.3 Å². The van der Waals surface area contributed by atoms with E-state index in [4.69, 9.17) is 0 Å². The lowest BCUT2D eigenvalue weighted by atomic mass is 10.5. The van der Waals surface area contributed by atoms with Crippen LogP contribution in [0.2, 0.25) is 0 Å². The zero-order chi connectivity index (χ0) is 7.56. The summed E-state index contributed by atoms with van der Waals surface area (Å²) >= 11 is 6.46. The molecule has 5 heteroatoms. The molecule has 0 fully saturated rings. The molecule has 0 aliphatic heterocycles. The van der Waals surface area contributed by atoms with Gasteiger partial charge >= 0.3 is 0 Å². The molecule has 0 aliphatic rings. The van der Waals surface area contributed by atoms with Crippen LogP contribution in [-0.4, -0.2) is 14.8 Å². The summed E-state index contributed by atoms with van der Waals surface area (Å²) < 4.78 is 3.22. The van der Waals surface area contributed by atoms with E-state index in [1.165, 1.54) is 0 Å². The number of rotatable bonds is 2. The number of aryl methyl sites for hydroxylation is 1. The largest absolute Gasteiger partial charge is 0.239 e. The molecule has 3 nitrogen and oxygen atoms in total. The van der Waals surface area contributed by atoms with Crippen LogP contribution in [0.15, 0.2) is 9.47 Å². The van der Waals surface area contributed by atoms with Crippen molar-refractivity contribution in [1.82, 2.24) is 14.8 Å². The standard InChI is InChI=1S/C5H7Br2N3/c1-2-3-10-5(7)8-4(6)9-10/h2-3H2,1H3. The fraction of sp³-hybridized carbons (Fsp3) is 0.600. The molecule has 0 aliphatic carbocycles. The normalized spacial score (nSPS) is 10.3. The van der Waals surface area contributed by atoms with Gasteiger partial charge in [0.05, 0.1) is 0 Å². The summed E-state index contributed by atoms with van der Waals surface area (Å²) in [5, 5.41) is 4.08. The van der Waals surface area contributed by atoms with Gasteiger partial charge in [0, 0.05) is 6.54 Å². The molecule has 1 heterocycles. The van der Waals surface area contributed by atoms with Crippen LogP contribution in [0.1, 0.15) is 13.3 Å². The number of hydrogen-bond acceptors (Lipinski definition) is 2. The van der Waals surface area contributed by atoms with Gasteiger partial charge in [0.2, 0.25) is 4.73 Å². The minimum Gasteiger partial charge on any atom is -0.239 e. The Labute approximate surface area is 76.1 Å². The lowest BCUT2D eigenvalue weighted by Gasteiger charge is -1.95. The molecular formula is C5H7Br2N3. The van der Waals surface area contributed by atoms with Gasteiger partial charge in [-0.2, -0.15) is 4.98 Å². The highest BCUT2D eigenvalue weighted by atomic mass is 79.9. The van der Waals surface area contributed by atoms with Gasteiger partial charge in [-0.1, -0.05) is 6.92 Å². The van der Waals surface area contributed by atoms with Crippen LogP contribution in [0.25, 0.3) is 0 Å². The maximum atomic E-state index is 4.08. The molecule has 56 valence electrons. The Kier molecular flexibility index (Phi) is 2.85. The van der Waals surface area contributed by atoms with Crippen molar-refractivity contribution < 1.29 is 0 Å². The van der Waals surface area contributed by atoms with Crippen LogP contribution in [0, 0.1) is 0 Å². The quantitative estimate of drug-likeness (QED) is 0.824. The third-order valence-electron chi connectivity index (χ3n) is 1.04. The van der Waals surface area contributed by atoms with Crippen molar-refractivity contribution >= 4 is 31.9 Å². The van der Waals surface area contributed by atoms with Crippen LogP contribution in [-0.2, 0) is 6.54 Å². The molecule has 0 N–H and O–H groups in total. The van der Waals surface area contributed by atoms with Crippen molar-refractivity contribution in [2.24, 2.45) is 0 Å². The second kappa shape index (κ2) is 3.48. The molecule has 0 spiro atoms. The van der Waals surface area contributed by atoms with E-state index in [9.17, 15) is 0 Å². The highest BCUT2D eigenvalue weighted by Crippen LogP contribution is 2.10. The number of aromatic nitrogens is 3. The topological polar surface area (TPSA) is 30.7 Å². The first-order chi connectivity index (χ1) is 4.74. The molecule has 0 saturated carbocycles. The molecule has 1 aromatic heterocycles. The van der Waals surface area contributed by atoms with Gasteiger partial charge in [0.1, 0.15) is 0 Å². The van der Waals surface area contributed by atoms with Gasteiger partial charge in [-0.25, -0.2) is 4.68 Å². The molecule has 0 radical (unpaired) electrons. The molecular weight excluding hydrogens is 262 g/mol. The van der Waals surface area contributed by atoms with E-state index in [1.54, 1.807) is 0 Å². The first-order valence-corrected chi connectivity index (χ1v) is 4.58. The van der Waals surface area contributed by atoms with Gasteiger partial charge in [-0.15, -0.1) is 5.10 Å². The average molecular weight is 269 g/mol. The predicted octanol–water partition coefficient (Wildman–Crippen LogP) is 2.21. The molecule has 0 aromatic carbocycles. The maximum absolute atomic E-state index is 4.08. The average Bonchev–Trinajstić information content (AvgIpc) is 2.13. The smallest absolute Gasteiger partial charge is 0.218 e. The minimum atomic E-state index is 0.632. The Balaban J connectivity index is 2.81. The van der Waals surface area contributed by atoms with Gasteiger partial charge < -0.3 is 0 Å². The van der Waals surface area contributed by atoms with Crippen LogP contribution >= 0.6 is 31.9 Å². The molecule has 0 atom stereocenters. The lowest BCUT2D eigenvalue weighted by molar-refractivity contribution is 0.586. The fourth-order valence-electron chi connectivity index (χ4n) is 0.651. The van der Waals surface area contributed by atoms with Crippen LogP contribution < -0.4 is 0 Å². The number of nitrogens with zero attached hydrogens (tertiary/aromatic N) is 3. The molecule has 0 unspecified atom stereocenters. The number of hydrogen-bond donors (Lipinski definition) is 0. The van der Waals surface area contributed by atoms with Crippen molar-refractivity contribution in [2.75, 3.05) is 0 Å². The second-order valence-corrected chi connectivity index (χ2v) is 3.29. The van der Waals surface area contributed by atoms with E-state index in [-0.39, 0.29) is 0 Å². The first kappa shape index (κ1) is 8.20. The van der Waals surface area contributed by atoms with Gasteiger partial charge in [0.25, 0.3) is 0 Å². The summed E-state index contributed by atoms with van der Waals surface area (Å²) in [7, 11) is 0.